The number of hydrogen-bond donors (Lipinski definition) is 1. The third kappa shape index (κ3) is 6.67. The molecule has 0 bridgehead atoms. The van der Waals surface area contributed by atoms with E-state index in [2.05, 4.69) is 6.07 Å². The number of halogens is 1. The quantitative estimate of drug-likeness (QED) is 0.336. The smallest absolute Gasteiger partial charge is 0.303 e. The van der Waals surface area contributed by atoms with Crippen LogP contribution in [-0.2, 0) is 17.6 Å². The summed E-state index contributed by atoms with van der Waals surface area (Å²) in [7, 11) is 0. The van der Waals surface area contributed by atoms with E-state index in [4.69, 9.17) is 21.7 Å². The first-order chi connectivity index (χ1) is 15.3. The molecule has 0 saturated heterocycles. The lowest BCUT2D eigenvalue weighted by molar-refractivity contribution is -0.137. The zero-order valence-electron chi connectivity index (χ0n) is 18.8. The second kappa shape index (κ2) is 11.3. The van der Waals surface area contributed by atoms with E-state index in [1.165, 1.54) is 5.56 Å². The van der Waals surface area contributed by atoms with Gasteiger partial charge in [0.05, 0.1) is 11.0 Å². The van der Waals surface area contributed by atoms with Gasteiger partial charge in [0.25, 0.3) is 0 Å². The number of aromatic nitrogens is 2. The molecule has 1 unspecified atom stereocenters. The van der Waals surface area contributed by atoms with Crippen molar-refractivity contribution < 1.29 is 14.7 Å². The van der Waals surface area contributed by atoms with E-state index < -0.39 is 5.97 Å². The van der Waals surface area contributed by atoms with Crippen molar-refractivity contribution in [1.82, 2.24) is 9.55 Å². The summed E-state index contributed by atoms with van der Waals surface area (Å²) in [6.07, 6.45) is 6.14. The highest BCUT2D eigenvalue weighted by Crippen LogP contribution is 2.22. The first-order valence-electron chi connectivity index (χ1n) is 11.3. The molecule has 1 N–H and O–H groups in total. The van der Waals surface area contributed by atoms with E-state index in [-0.39, 0.29) is 24.7 Å². The van der Waals surface area contributed by atoms with Crippen molar-refractivity contribution in [2.24, 2.45) is 5.92 Å². The first kappa shape index (κ1) is 24.0. The summed E-state index contributed by atoms with van der Waals surface area (Å²) in [4.78, 5) is 28.8. The van der Waals surface area contributed by atoms with Gasteiger partial charge in [0.1, 0.15) is 5.82 Å². The maximum atomic E-state index is 13.1. The van der Waals surface area contributed by atoms with Gasteiger partial charge < -0.3 is 5.11 Å². The number of nitrogens with zero attached hydrogens (tertiary/aromatic N) is 2. The molecule has 3 rings (SSSR count). The van der Waals surface area contributed by atoms with Gasteiger partial charge in [-0.1, -0.05) is 49.6 Å². The van der Waals surface area contributed by atoms with Crippen LogP contribution in [0.3, 0.4) is 0 Å². The number of unbranched alkanes of at least 4 members (excludes halogenated alkanes) is 3. The number of hydrogen-bond acceptors (Lipinski definition) is 3. The SMILES string of the molecule is Cc1ccc2nc(CCCCCCc3cccc(Cl)c3)n(C(=O)CC(C)CC(=O)O)c2c1. The summed E-state index contributed by atoms with van der Waals surface area (Å²) < 4.78 is 1.71. The molecule has 0 radical (unpaired) electrons. The van der Waals surface area contributed by atoms with Crippen molar-refractivity contribution >= 4 is 34.5 Å². The molecule has 1 heterocycles. The van der Waals surface area contributed by atoms with Crippen LogP contribution in [0.25, 0.3) is 11.0 Å². The summed E-state index contributed by atoms with van der Waals surface area (Å²) >= 11 is 6.05. The predicted molar refractivity (Wildman–Crippen MR) is 128 cm³/mol. The van der Waals surface area contributed by atoms with Crippen molar-refractivity contribution in [2.45, 2.75) is 65.2 Å². The second-order valence-electron chi connectivity index (χ2n) is 8.70. The van der Waals surface area contributed by atoms with E-state index >= 15 is 0 Å². The van der Waals surface area contributed by atoms with Crippen LogP contribution in [0.1, 0.15) is 67.2 Å². The molecule has 6 heteroatoms. The molecule has 0 saturated carbocycles. The van der Waals surface area contributed by atoms with E-state index in [9.17, 15) is 9.59 Å². The standard InChI is InChI=1S/C26H31ClN2O3/c1-18-12-13-22-23(14-18)29(25(30)15-19(2)16-26(31)32)24(28-22)11-6-4-3-5-8-20-9-7-10-21(27)17-20/h7,9-10,12-14,17,19H,3-6,8,11,15-16H2,1-2H3,(H,31,32). The van der Waals surface area contributed by atoms with Crippen LogP contribution < -0.4 is 0 Å². The number of fused-ring (bicyclic) bond motifs is 1. The molecule has 0 aliphatic carbocycles. The minimum Gasteiger partial charge on any atom is -0.481 e. The number of carboxylic acid groups (broad SMARTS) is 1. The summed E-state index contributed by atoms with van der Waals surface area (Å²) in [5.74, 6) is -0.410. The maximum absolute atomic E-state index is 13.1. The highest BCUT2D eigenvalue weighted by molar-refractivity contribution is 6.30. The minimum atomic E-state index is -0.880. The summed E-state index contributed by atoms with van der Waals surface area (Å²) in [6, 6.07) is 13.9. The zero-order chi connectivity index (χ0) is 23.1. The van der Waals surface area contributed by atoms with Crippen LogP contribution >= 0.6 is 11.6 Å². The Hall–Kier alpha value is -2.66. The molecule has 5 nitrogen and oxygen atoms in total. The van der Waals surface area contributed by atoms with Gasteiger partial charge in [0.2, 0.25) is 5.91 Å². The van der Waals surface area contributed by atoms with Crippen LogP contribution in [0.15, 0.2) is 42.5 Å². The molecular weight excluding hydrogens is 424 g/mol. The Bertz CT molecular complexity index is 1090. The number of imidazole rings is 1. The molecule has 1 atom stereocenters. The van der Waals surface area contributed by atoms with Crippen molar-refractivity contribution in [3.05, 3.63) is 64.4 Å². The van der Waals surface area contributed by atoms with Crippen LogP contribution in [0.4, 0.5) is 0 Å². The van der Waals surface area contributed by atoms with Crippen molar-refractivity contribution in [2.75, 3.05) is 0 Å². The number of aryl methyl sites for hydroxylation is 3. The van der Waals surface area contributed by atoms with Gasteiger partial charge in [-0.15, -0.1) is 0 Å². The molecule has 3 aromatic rings. The Kier molecular flexibility index (Phi) is 8.46. The third-order valence-electron chi connectivity index (χ3n) is 5.68. The topological polar surface area (TPSA) is 72.2 Å². The van der Waals surface area contributed by atoms with E-state index in [0.717, 1.165) is 66.0 Å². The molecule has 0 fully saturated rings. The Balaban J connectivity index is 1.62. The van der Waals surface area contributed by atoms with Gasteiger partial charge in [-0.25, -0.2) is 4.98 Å². The molecule has 32 heavy (non-hydrogen) atoms. The molecular formula is C26H31ClN2O3. The largest absolute Gasteiger partial charge is 0.481 e. The lowest BCUT2D eigenvalue weighted by Gasteiger charge is -2.12. The lowest BCUT2D eigenvalue weighted by atomic mass is 10.0. The van der Waals surface area contributed by atoms with Gasteiger partial charge in [-0.05, 0) is 67.5 Å². The molecule has 2 aromatic carbocycles. The van der Waals surface area contributed by atoms with Crippen LogP contribution in [-0.4, -0.2) is 26.5 Å². The summed E-state index contributed by atoms with van der Waals surface area (Å²) in [5.41, 5.74) is 3.95. The lowest BCUT2D eigenvalue weighted by Crippen LogP contribution is -2.18. The fourth-order valence-corrected chi connectivity index (χ4v) is 4.31. The monoisotopic (exact) mass is 454 g/mol. The molecule has 0 spiro atoms. The van der Waals surface area contributed by atoms with Gasteiger partial charge in [0, 0.05) is 24.3 Å². The Morgan fingerprint density at radius 3 is 2.50 bits per heavy atom. The van der Waals surface area contributed by atoms with Crippen LogP contribution in [0.2, 0.25) is 5.02 Å². The molecule has 0 amide bonds. The fourth-order valence-electron chi connectivity index (χ4n) is 4.10. The highest BCUT2D eigenvalue weighted by Gasteiger charge is 2.20. The van der Waals surface area contributed by atoms with Gasteiger partial charge in [0.15, 0.2) is 0 Å². The average molecular weight is 455 g/mol. The third-order valence-corrected chi connectivity index (χ3v) is 5.91. The van der Waals surface area contributed by atoms with Crippen molar-refractivity contribution in [1.29, 1.82) is 0 Å². The molecule has 0 aliphatic rings. The fraction of sp³-hybridized carbons (Fsp3) is 0.423. The van der Waals surface area contributed by atoms with E-state index in [1.807, 2.05) is 43.3 Å². The van der Waals surface area contributed by atoms with Crippen LogP contribution in [0, 0.1) is 12.8 Å². The molecule has 1 aromatic heterocycles. The number of carbonyl (C=O) groups excluding carboxylic acids is 1. The van der Waals surface area contributed by atoms with Crippen LogP contribution in [0.5, 0.6) is 0 Å². The molecule has 0 aliphatic heterocycles. The van der Waals surface area contributed by atoms with Crippen molar-refractivity contribution in [3.63, 3.8) is 0 Å². The number of carboxylic acids is 1. The van der Waals surface area contributed by atoms with E-state index in [0.29, 0.717) is 0 Å². The summed E-state index contributed by atoms with van der Waals surface area (Å²) in [6.45, 7) is 3.80. The molecule has 170 valence electrons. The van der Waals surface area contributed by atoms with Crippen molar-refractivity contribution in [3.8, 4) is 0 Å². The summed E-state index contributed by atoms with van der Waals surface area (Å²) in [5, 5.41) is 9.80. The first-order valence-corrected chi connectivity index (χ1v) is 11.7. The average Bonchev–Trinajstić information content (AvgIpc) is 3.07. The Morgan fingerprint density at radius 2 is 1.78 bits per heavy atom. The minimum absolute atomic E-state index is 0.0145. The second-order valence-corrected chi connectivity index (χ2v) is 9.14. The van der Waals surface area contributed by atoms with E-state index in [1.54, 1.807) is 11.5 Å². The zero-order valence-corrected chi connectivity index (χ0v) is 19.6. The van der Waals surface area contributed by atoms with Gasteiger partial charge in [-0.3, -0.25) is 14.2 Å². The number of rotatable bonds is 11. The van der Waals surface area contributed by atoms with Gasteiger partial charge in [-0.2, -0.15) is 0 Å². The maximum Gasteiger partial charge on any atom is 0.303 e. The normalized spacial score (nSPS) is 12.2. The Morgan fingerprint density at radius 1 is 1.03 bits per heavy atom. The number of aliphatic carboxylic acids is 1. The Labute approximate surface area is 194 Å². The highest BCUT2D eigenvalue weighted by atomic mass is 35.5. The predicted octanol–water partition coefficient (Wildman–Crippen LogP) is 6.48. The van der Waals surface area contributed by atoms with Gasteiger partial charge >= 0.3 is 5.97 Å². The number of carbonyl (C=O) groups is 2. The number of benzene rings is 2.